The van der Waals surface area contributed by atoms with Crippen molar-refractivity contribution in [2.24, 2.45) is 5.92 Å². The summed E-state index contributed by atoms with van der Waals surface area (Å²) in [5.74, 6) is -1.82. The summed E-state index contributed by atoms with van der Waals surface area (Å²) in [5.41, 5.74) is 1.53. The fraction of sp³-hybridized carbons (Fsp3) is 0.323. The number of benzene rings is 3. The Bertz CT molecular complexity index is 1390. The lowest BCUT2D eigenvalue weighted by Crippen LogP contribution is -2.56. The number of aldehydes is 1. The quantitative estimate of drug-likeness (QED) is 0.215. The van der Waals surface area contributed by atoms with Crippen molar-refractivity contribution in [2.45, 2.75) is 50.2 Å². The summed E-state index contributed by atoms with van der Waals surface area (Å²) >= 11 is 0. The maximum atomic E-state index is 13.5. The third-order valence-electron chi connectivity index (χ3n) is 7.26. The second kappa shape index (κ2) is 14.1. The average Bonchev–Trinajstić information content (AvgIpc) is 2.97. The predicted molar refractivity (Wildman–Crippen MR) is 153 cm³/mol. The van der Waals surface area contributed by atoms with E-state index in [1.165, 1.54) is 0 Å². The fourth-order valence-electron chi connectivity index (χ4n) is 5.18. The summed E-state index contributed by atoms with van der Waals surface area (Å²) in [5, 5.41) is 21.8. The predicted octanol–water partition coefficient (Wildman–Crippen LogP) is 2.35. The van der Waals surface area contributed by atoms with Gasteiger partial charge in [-0.2, -0.15) is 0 Å². The summed E-state index contributed by atoms with van der Waals surface area (Å²) in [7, 11) is 0. The highest BCUT2D eigenvalue weighted by atomic mass is 16.4. The molecule has 0 aromatic heterocycles. The van der Waals surface area contributed by atoms with Crippen molar-refractivity contribution in [1.29, 1.82) is 0 Å². The lowest BCUT2D eigenvalue weighted by atomic mass is 9.92. The van der Waals surface area contributed by atoms with Crippen molar-refractivity contribution in [2.75, 3.05) is 6.54 Å². The van der Waals surface area contributed by atoms with Gasteiger partial charge in [0.05, 0.1) is 6.04 Å². The van der Waals surface area contributed by atoms with Gasteiger partial charge in [0, 0.05) is 25.3 Å². The number of carboxylic acid groups (broad SMARTS) is 1. The van der Waals surface area contributed by atoms with Crippen molar-refractivity contribution >= 4 is 40.9 Å². The number of hydrogen-bond acceptors (Lipinski definition) is 5. The lowest BCUT2D eigenvalue weighted by Gasteiger charge is -2.27. The van der Waals surface area contributed by atoms with E-state index < -0.39 is 42.0 Å². The third-order valence-corrected chi connectivity index (χ3v) is 7.26. The molecular formula is C31H34N4O6. The molecule has 3 unspecified atom stereocenters. The number of rotatable bonds is 12. The maximum absolute atomic E-state index is 13.5. The third kappa shape index (κ3) is 8.14. The monoisotopic (exact) mass is 558 g/mol. The molecule has 3 aromatic rings. The van der Waals surface area contributed by atoms with Crippen LogP contribution in [-0.4, -0.2) is 59.9 Å². The Morgan fingerprint density at radius 3 is 2.29 bits per heavy atom. The topological polar surface area (TPSA) is 154 Å². The van der Waals surface area contributed by atoms with Gasteiger partial charge in [-0.15, -0.1) is 0 Å². The molecule has 4 amide bonds. The molecule has 4 atom stereocenters. The fourth-order valence-corrected chi connectivity index (χ4v) is 5.18. The molecule has 4 rings (SSSR count). The Hall–Kier alpha value is -4.73. The molecule has 1 saturated heterocycles. The minimum Gasteiger partial charge on any atom is -0.465 e. The number of amides is 4. The van der Waals surface area contributed by atoms with E-state index >= 15 is 0 Å². The molecule has 0 radical (unpaired) electrons. The molecule has 214 valence electrons. The van der Waals surface area contributed by atoms with Crippen LogP contribution in [0.15, 0.2) is 72.8 Å². The zero-order valence-electron chi connectivity index (χ0n) is 22.5. The van der Waals surface area contributed by atoms with Crippen LogP contribution < -0.4 is 21.3 Å². The van der Waals surface area contributed by atoms with Gasteiger partial charge in [-0.25, -0.2) is 4.79 Å². The van der Waals surface area contributed by atoms with Crippen LogP contribution in [0.1, 0.15) is 30.4 Å². The number of carbonyl (C=O) groups is 5. The van der Waals surface area contributed by atoms with Gasteiger partial charge in [-0.05, 0) is 41.2 Å². The molecule has 0 saturated carbocycles. The van der Waals surface area contributed by atoms with Gasteiger partial charge in [-0.1, -0.05) is 72.8 Å². The van der Waals surface area contributed by atoms with Crippen LogP contribution in [0.2, 0.25) is 0 Å². The largest absolute Gasteiger partial charge is 0.465 e. The Morgan fingerprint density at radius 2 is 1.56 bits per heavy atom. The van der Waals surface area contributed by atoms with Crippen LogP contribution in [0.5, 0.6) is 0 Å². The zero-order chi connectivity index (χ0) is 29.2. The number of nitrogens with one attached hydrogen (secondary N) is 4. The van der Waals surface area contributed by atoms with Gasteiger partial charge < -0.3 is 31.2 Å². The van der Waals surface area contributed by atoms with Gasteiger partial charge >= 0.3 is 6.09 Å². The van der Waals surface area contributed by atoms with Gasteiger partial charge in [0.15, 0.2) is 0 Å². The van der Waals surface area contributed by atoms with Crippen molar-refractivity contribution in [3.63, 3.8) is 0 Å². The molecule has 1 heterocycles. The molecule has 0 bridgehead atoms. The van der Waals surface area contributed by atoms with Crippen molar-refractivity contribution < 1.29 is 29.1 Å². The number of piperidine rings is 1. The van der Waals surface area contributed by atoms with Crippen molar-refractivity contribution in [3.05, 3.63) is 83.9 Å². The van der Waals surface area contributed by atoms with Crippen LogP contribution in [-0.2, 0) is 32.0 Å². The smallest absolute Gasteiger partial charge is 0.405 e. The molecule has 10 heteroatoms. The normalized spacial score (nSPS) is 17.0. The first kappa shape index (κ1) is 29.3. The first-order valence-corrected chi connectivity index (χ1v) is 13.7. The Kier molecular flexibility index (Phi) is 10.0. The van der Waals surface area contributed by atoms with E-state index in [0.717, 1.165) is 28.3 Å². The average molecular weight is 559 g/mol. The molecule has 0 aliphatic carbocycles. The van der Waals surface area contributed by atoms with E-state index in [1.807, 2.05) is 48.5 Å². The molecule has 0 spiro atoms. The van der Waals surface area contributed by atoms with Crippen LogP contribution in [0.3, 0.4) is 0 Å². The van der Waals surface area contributed by atoms with Crippen LogP contribution in [0, 0.1) is 5.92 Å². The summed E-state index contributed by atoms with van der Waals surface area (Å²) in [6.45, 7) is 0.586. The first-order chi connectivity index (χ1) is 19.8. The van der Waals surface area contributed by atoms with E-state index in [1.54, 1.807) is 24.3 Å². The van der Waals surface area contributed by atoms with E-state index in [0.29, 0.717) is 19.3 Å². The second-order valence-corrected chi connectivity index (χ2v) is 10.2. The van der Waals surface area contributed by atoms with Crippen LogP contribution >= 0.6 is 0 Å². The number of fused-ring (bicyclic) bond motifs is 1. The molecule has 5 N–H and O–H groups in total. The summed E-state index contributed by atoms with van der Waals surface area (Å²) in [6.07, 6.45) is 0.952. The maximum Gasteiger partial charge on any atom is 0.405 e. The standard InChI is InChI=1S/C31H34N4O6/c36-19-24(17-23-13-7-15-32-28(23)37)33-29(38)26(16-20-8-2-1-3-9-20)34-30(39)27(35-31(40)41)18-22-12-6-11-21-10-4-5-14-25(21)22/h1-6,8-12,14,19,23-24,26-27,35H,7,13,15-18H2,(H,32,37)(H,33,38)(H,34,39)(H,40,41)/t23-,24?,26?,27?/m0/s1. The van der Waals surface area contributed by atoms with Gasteiger partial charge in [0.25, 0.3) is 0 Å². The van der Waals surface area contributed by atoms with E-state index in [4.69, 9.17) is 0 Å². The molecule has 1 aliphatic rings. The Labute approximate surface area is 237 Å². The SMILES string of the molecule is O=CC(C[C@@H]1CCCNC1=O)NC(=O)C(Cc1ccccc1)NC(=O)C(Cc1cccc2ccccc12)NC(=O)O. The van der Waals surface area contributed by atoms with Gasteiger partial charge in [0.1, 0.15) is 18.4 Å². The lowest BCUT2D eigenvalue weighted by molar-refractivity contribution is -0.131. The number of carbonyl (C=O) groups excluding carboxylic acids is 4. The van der Waals surface area contributed by atoms with E-state index in [9.17, 15) is 29.1 Å². The molecule has 3 aromatic carbocycles. The summed E-state index contributed by atoms with van der Waals surface area (Å²) < 4.78 is 0. The van der Waals surface area contributed by atoms with Crippen molar-refractivity contribution in [3.8, 4) is 0 Å². The minimum atomic E-state index is -1.37. The number of hydrogen-bond donors (Lipinski definition) is 5. The molecular weight excluding hydrogens is 524 g/mol. The summed E-state index contributed by atoms with van der Waals surface area (Å²) in [6, 6.07) is 19.0. The Morgan fingerprint density at radius 1 is 0.878 bits per heavy atom. The molecule has 10 nitrogen and oxygen atoms in total. The minimum absolute atomic E-state index is 0.0624. The molecule has 1 fully saturated rings. The Balaban J connectivity index is 1.53. The van der Waals surface area contributed by atoms with Crippen LogP contribution in [0.25, 0.3) is 10.8 Å². The first-order valence-electron chi connectivity index (χ1n) is 13.7. The second-order valence-electron chi connectivity index (χ2n) is 10.2. The highest BCUT2D eigenvalue weighted by molar-refractivity contribution is 5.93. The zero-order valence-corrected chi connectivity index (χ0v) is 22.5. The van der Waals surface area contributed by atoms with E-state index in [2.05, 4.69) is 21.3 Å². The highest BCUT2D eigenvalue weighted by Gasteiger charge is 2.31. The summed E-state index contributed by atoms with van der Waals surface area (Å²) in [4.78, 5) is 62.6. The van der Waals surface area contributed by atoms with Gasteiger partial charge in [-0.3, -0.25) is 14.4 Å². The van der Waals surface area contributed by atoms with Gasteiger partial charge in [0.2, 0.25) is 17.7 Å². The molecule has 41 heavy (non-hydrogen) atoms. The van der Waals surface area contributed by atoms with Crippen LogP contribution in [0.4, 0.5) is 4.79 Å². The molecule has 1 aliphatic heterocycles. The van der Waals surface area contributed by atoms with E-state index in [-0.39, 0.29) is 25.2 Å². The highest BCUT2D eigenvalue weighted by Crippen LogP contribution is 2.20. The van der Waals surface area contributed by atoms with Crippen molar-refractivity contribution in [1.82, 2.24) is 21.3 Å².